The van der Waals surface area contributed by atoms with Crippen molar-refractivity contribution in [1.82, 2.24) is 9.03 Å². The summed E-state index contributed by atoms with van der Waals surface area (Å²) < 4.78 is 83.4. The largest absolute Gasteiger partial charge is 0.416 e. The Bertz CT molecular complexity index is 613. The normalized spacial score (nSPS) is 18.8. The minimum Gasteiger partial charge on any atom is -0.379 e. The molecular weight excluding hydrogens is 340 g/mol. The van der Waals surface area contributed by atoms with Crippen molar-refractivity contribution >= 4 is 10.2 Å². The third kappa shape index (κ3) is 4.63. The van der Waals surface area contributed by atoms with Crippen molar-refractivity contribution in [2.75, 3.05) is 33.0 Å². The lowest BCUT2D eigenvalue weighted by Gasteiger charge is -2.28. The van der Waals surface area contributed by atoms with E-state index < -0.39 is 34.7 Å². The van der Waals surface area contributed by atoms with Gasteiger partial charge in [-0.25, -0.2) is 4.39 Å². The Morgan fingerprint density at radius 1 is 1.17 bits per heavy atom. The van der Waals surface area contributed by atoms with E-state index in [0.29, 0.717) is 0 Å². The van der Waals surface area contributed by atoms with Crippen LogP contribution < -0.4 is 4.72 Å². The van der Waals surface area contributed by atoms with Crippen molar-refractivity contribution in [1.29, 1.82) is 0 Å². The number of hydrogen-bond acceptors (Lipinski definition) is 3. The molecule has 1 fully saturated rings. The highest BCUT2D eigenvalue weighted by molar-refractivity contribution is 7.87. The average Bonchev–Trinajstić information content (AvgIpc) is 2.53. The van der Waals surface area contributed by atoms with Gasteiger partial charge in [0.05, 0.1) is 24.8 Å². The summed E-state index contributed by atoms with van der Waals surface area (Å²) in [4.78, 5) is 0. The number of ether oxygens (including phenoxy) is 1. The zero-order chi connectivity index (χ0) is 17.1. The molecule has 1 saturated heterocycles. The van der Waals surface area contributed by atoms with Gasteiger partial charge in [0.15, 0.2) is 0 Å². The van der Waals surface area contributed by atoms with E-state index in [2.05, 4.69) is 4.72 Å². The van der Waals surface area contributed by atoms with Gasteiger partial charge in [0.2, 0.25) is 0 Å². The summed E-state index contributed by atoms with van der Waals surface area (Å²) in [5.74, 6) is 0. The van der Waals surface area contributed by atoms with Gasteiger partial charge in [-0.05, 0) is 17.7 Å². The lowest BCUT2D eigenvalue weighted by atomic mass is 10.1. The van der Waals surface area contributed by atoms with Crippen LogP contribution in [0.1, 0.15) is 17.2 Å². The lowest BCUT2D eigenvalue weighted by Crippen LogP contribution is -2.47. The van der Waals surface area contributed by atoms with Gasteiger partial charge in [0, 0.05) is 13.1 Å². The predicted octanol–water partition coefficient (Wildman–Crippen LogP) is 1.88. The third-order valence-electron chi connectivity index (χ3n) is 3.40. The number of benzene rings is 1. The van der Waals surface area contributed by atoms with Crippen molar-refractivity contribution in [3.63, 3.8) is 0 Å². The van der Waals surface area contributed by atoms with E-state index in [1.807, 2.05) is 0 Å². The molecular formula is C13H16F4N2O3S. The maximum atomic E-state index is 13.2. The maximum Gasteiger partial charge on any atom is 0.416 e. The topological polar surface area (TPSA) is 58.6 Å². The average molecular weight is 356 g/mol. The molecule has 0 aliphatic carbocycles. The highest BCUT2D eigenvalue weighted by atomic mass is 32.2. The molecule has 1 aromatic rings. The molecule has 1 aromatic carbocycles. The van der Waals surface area contributed by atoms with Gasteiger partial charge < -0.3 is 4.74 Å². The Labute approximate surface area is 131 Å². The van der Waals surface area contributed by atoms with Crippen LogP contribution in [0.25, 0.3) is 0 Å². The molecule has 0 radical (unpaired) electrons. The van der Waals surface area contributed by atoms with Crippen LogP contribution in [0.2, 0.25) is 0 Å². The van der Waals surface area contributed by atoms with E-state index in [1.54, 1.807) is 0 Å². The van der Waals surface area contributed by atoms with Gasteiger partial charge in [-0.2, -0.15) is 30.6 Å². The van der Waals surface area contributed by atoms with Gasteiger partial charge in [-0.1, -0.05) is 12.1 Å². The minimum atomic E-state index is -4.50. The van der Waals surface area contributed by atoms with Crippen LogP contribution in [0.3, 0.4) is 0 Å². The fourth-order valence-electron chi connectivity index (χ4n) is 2.13. The molecule has 1 aliphatic rings. The van der Waals surface area contributed by atoms with Crippen molar-refractivity contribution in [2.45, 2.75) is 12.2 Å². The first-order valence-corrected chi connectivity index (χ1v) is 8.26. The number of morpholine rings is 1. The molecule has 1 atom stereocenters. The molecule has 1 aliphatic heterocycles. The quantitative estimate of drug-likeness (QED) is 0.820. The number of nitrogens with zero attached hydrogens (tertiary/aromatic N) is 1. The maximum absolute atomic E-state index is 13.2. The molecule has 0 bridgehead atoms. The van der Waals surface area contributed by atoms with E-state index >= 15 is 0 Å². The van der Waals surface area contributed by atoms with Crippen LogP contribution in [0, 0.1) is 0 Å². The van der Waals surface area contributed by atoms with Gasteiger partial charge in [0.1, 0.15) is 6.67 Å². The SMILES string of the molecule is O=S(=O)(N[C@@H](CF)c1ccc(C(F)(F)F)cc1)N1CCOCC1. The molecule has 2 rings (SSSR count). The highest BCUT2D eigenvalue weighted by Crippen LogP contribution is 2.30. The monoisotopic (exact) mass is 356 g/mol. The van der Waals surface area contributed by atoms with Crippen molar-refractivity contribution in [3.8, 4) is 0 Å². The first-order valence-electron chi connectivity index (χ1n) is 6.82. The van der Waals surface area contributed by atoms with Crippen LogP contribution in [0.4, 0.5) is 17.6 Å². The first-order chi connectivity index (χ1) is 10.7. The zero-order valence-corrected chi connectivity index (χ0v) is 12.8. The molecule has 0 saturated carbocycles. The fourth-order valence-corrected chi connectivity index (χ4v) is 3.47. The first kappa shape index (κ1) is 18.1. The lowest BCUT2D eigenvalue weighted by molar-refractivity contribution is -0.137. The number of halogens is 4. The van der Waals surface area contributed by atoms with Crippen LogP contribution in [-0.4, -0.2) is 45.7 Å². The second-order valence-electron chi connectivity index (χ2n) is 4.96. The Kier molecular flexibility index (Phi) is 5.61. The smallest absolute Gasteiger partial charge is 0.379 e. The van der Waals surface area contributed by atoms with Crippen molar-refractivity contribution in [2.24, 2.45) is 0 Å². The molecule has 1 N–H and O–H groups in total. The molecule has 0 spiro atoms. The zero-order valence-electron chi connectivity index (χ0n) is 12.0. The van der Waals surface area contributed by atoms with Crippen LogP contribution in [0.15, 0.2) is 24.3 Å². The Hall–Kier alpha value is -1.23. The van der Waals surface area contributed by atoms with E-state index in [1.165, 1.54) is 0 Å². The Morgan fingerprint density at radius 3 is 2.22 bits per heavy atom. The van der Waals surface area contributed by atoms with E-state index in [9.17, 15) is 26.0 Å². The summed E-state index contributed by atoms with van der Waals surface area (Å²) >= 11 is 0. The molecule has 23 heavy (non-hydrogen) atoms. The summed E-state index contributed by atoms with van der Waals surface area (Å²) in [6.45, 7) is -0.319. The summed E-state index contributed by atoms with van der Waals surface area (Å²) in [7, 11) is -3.94. The summed E-state index contributed by atoms with van der Waals surface area (Å²) in [5, 5.41) is 0. The standard InChI is InChI=1S/C13H16F4N2O3S/c14-9-12(10-1-3-11(4-2-10)13(15,16)17)18-23(20,21)19-5-7-22-8-6-19/h1-4,12,18H,5-9H2/t12-/m0/s1. The van der Waals surface area contributed by atoms with Gasteiger partial charge >= 0.3 is 6.18 Å². The number of nitrogens with one attached hydrogen (secondary N) is 1. The molecule has 10 heteroatoms. The van der Waals surface area contributed by atoms with Gasteiger partial charge in [0.25, 0.3) is 10.2 Å². The van der Waals surface area contributed by atoms with Crippen molar-refractivity contribution in [3.05, 3.63) is 35.4 Å². The van der Waals surface area contributed by atoms with Gasteiger partial charge in [-0.3, -0.25) is 0 Å². The highest BCUT2D eigenvalue weighted by Gasteiger charge is 2.31. The van der Waals surface area contributed by atoms with Gasteiger partial charge in [-0.15, -0.1) is 0 Å². The molecule has 0 unspecified atom stereocenters. The molecule has 1 heterocycles. The fraction of sp³-hybridized carbons (Fsp3) is 0.538. The second kappa shape index (κ2) is 7.12. The van der Waals surface area contributed by atoms with Crippen LogP contribution in [0.5, 0.6) is 0 Å². The molecule has 0 aromatic heterocycles. The molecule has 130 valence electrons. The van der Waals surface area contributed by atoms with E-state index in [0.717, 1.165) is 28.6 Å². The van der Waals surface area contributed by atoms with Crippen molar-refractivity contribution < 1.29 is 30.7 Å². The van der Waals surface area contributed by atoms with Crippen LogP contribution in [-0.2, 0) is 21.1 Å². The van der Waals surface area contributed by atoms with E-state index in [-0.39, 0.29) is 31.9 Å². The Balaban J connectivity index is 2.13. The number of alkyl halides is 4. The van der Waals surface area contributed by atoms with Crippen LogP contribution >= 0.6 is 0 Å². The minimum absolute atomic E-state index is 0.123. The summed E-state index contributed by atoms with van der Waals surface area (Å²) in [5.41, 5.74) is -0.757. The summed E-state index contributed by atoms with van der Waals surface area (Å²) in [6.07, 6.45) is -4.50. The summed E-state index contributed by atoms with van der Waals surface area (Å²) in [6, 6.07) is 2.47. The molecule has 5 nitrogen and oxygen atoms in total. The third-order valence-corrected chi connectivity index (χ3v) is 5.02. The number of hydrogen-bond donors (Lipinski definition) is 1. The predicted molar refractivity (Wildman–Crippen MR) is 74.6 cm³/mol. The molecule has 0 amide bonds. The number of rotatable bonds is 5. The Morgan fingerprint density at radius 2 is 1.74 bits per heavy atom. The second-order valence-corrected chi connectivity index (χ2v) is 6.66. The van der Waals surface area contributed by atoms with E-state index in [4.69, 9.17) is 4.74 Å².